The van der Waals surface area contributed by atoms with Gasteiger partial charge in [0.2, 0.25) is 0 Å². The van der Waals surface area contributed by atoms with Crippen LogP contribution < -0.4 is 4.74 Å². The zero-order valence-corrected chi connectivity index (χ0v) is 13.2. The highest BCUT2D eigenvalue weighted by atomic mass is 32.2. The summed E-state index contributed by atoms with van der Waals surface area (Å²) in [5.41, 5.74) is 0.977. The molecule has 0 aliphatic carbocycles. The molecule has 21 heavy (non-hydrogen) atoms. The molecule has 0 spiro atoms. The number of aliphatic hydroxyl groups excluding tert-OH is 1. The molecule has 0 saturated carbocycles. The number of hydrogen-bond acceptors (Lipinski definition) is 5. The van der Waals surface area contributed by atoms with Crippen molar-refractivity contribution in [1.29, 1.82) is 5.26 Å². The van der Waals surface area contributed by atoms with E-state index in [1.807, 2.05) is 36.0 Å². The largest absolute Gasteiger partial charge is 0.491 e. The average Bonchev–Trinajstić information content (AvgIpc) is 2.49. The van der Waals surface area contributed by atoms with E-state index in [9.17, 15) is 5.11 Å². The zero-order chi connectivity index (χ0) is 15.1. The molecule has 1 heterocycles. The number of nitriles is 1. The Hall–Kier alpha value is -1.22. The maximum atomic E-state index is 10.1. The van der Waals surface area contributed by atoms with Crippen LogP contribution in [0.25, 0.3) is 0 Å². The SMILES string of the molecule is C[C@@H]1CSCCN1C[C@@H](O)COc1ccc(CC#N)cc1. The molecule has 2 rings (SSSR count). The average molecular weight is 306 g/mol. The Morgan fingerprint density at radius 3 is 2.90 bits per heavy atom. The second-order valence-corrected chi connectivity index (χ2v) is 6.51. The first kappa shape index (κ1) is 16.2. The molecular weight excluding hydrogens is 284 g/mol. The van der Waals surface area contributed by atoms with Gasteiger partial charge in [-0.3, -0.25) is 4.90 Å². The third-order valence-corrected chi connectivity index (χ3v) is 4.79. The summed E-state index contributed by atoms with van der Waals surface area (Å²) >= 11 is 1.97. The highest BCUT2D eigenvalue weighted by Gasteiger charge is 2.21. The Morgan fingerprint density at radius 1 is 1.48 bits per heavy atom. The van der Waals surface area contributed by atoms with Crippen molar-refractivity contribution in [3.8, 4) is 11.8 Å². The summed E-state index contributed by atoms with van der Waals surface area (Å²) in [6.45, 7) is 4.20. The van der Waals surface area contributed by atoms with Gasteiger partial charge >= 0.3 is 0 Å². The molecule has 0 unspecified atom stereocenters. The van der Waals surface area contributed by atoms with Crippen molar-refractivity contribution in [2.24, 2.45) is 0 Å². The van der Waals surface area contributed by atoms with Crippen molar-refractivity contribution in [3.63, 3.8) is 0 Å². The fraction of sp³-hybridized carbons (Fsp3) is 0.562. The van der Waals surface area contributed by atoms with Crippen molar-refractivity contribution >= 4 is 11.8 Å². The smallest absolute Gasteiger partial charge is 0.119 e. The van der Waals surface area contributed by atoms with Crippen LogP contribution in [0.5, 0.6) is 5.75 Å². The summed E-state index contributed by atoms with van der Waals surface area (Å²) in [5, 5.41) is 18.7. The van der Waals surface area contributed by atoms with Gasteiger partial charge in [-0.25, -0.2) is 0 Å². The number of benzene rings is 1. The lowest BCUT2D eigenvalue weighted by Crippen LogP contribution is -2.45. The Balaban J connectivity index is 1.75. The minimum atomic E-state index is -0.477. The number of aliphatic hydroxyl groups is 1. The number of nitrogens with zero attached hydrogens (tertiary/aromatic N) is 2. The second-order valence-electron chi connectivity index (χ2n) is 5.36. The van der Waals surface area contributed by atoms with Gasteiger partial charge in [0.25, 0.3) is 0 Å². The molecular formula is C16H22N2O2S. The van der Waals surface area contributed by atoms with Gasteiger partial charge in [-0.1, -0.05) is 12.1 Å². The van der Waals surface area contributed by atoms with Crippen LogP contribution in [0.4, 0.5) is 0 Å². The van der Waals surface area contributed by atoms with Crippen molar-refractivity contribution in [1.82, 2.24) is 4.90 Å². The summed E-state index contributed by atoms with van der Waals surface area (Å²) in [6, 6.07) is 10.1. The van der Waals surface area contributed by atoms with E-state index in [2.05, 4.69) is 17.9 Å². The van der Waals surface area contributed by atoms with Gasteiger partial charge in [-0.2, -0.15) is 17.0 Å². The van der Waals surface area contributed by atoms with E-state index in [0.717, 1.165) is 29.4 Å². The molecule has 1 aliphatic heterocycles. The lowest BCUT2D eigenvalue weighted by Gasteiger charge is -2.34. The van der Waals surface area contributed by atoms with Crippen molar-refractivity contribution in [3.05, 3.63) is 29.8 Å². The number of thioether (sulfide) groups is 1. The van der Waals surface area contributed by atoms with Crippen LogP contribution in [-0.2, 0) is 6.42 Å². The van der Waals surface area contributed by atoms with Crippen LogP contribution in [-0.4, -0.2) is 53.4 Å². The fourth-order valence-corrected chi connectivity index (χ4v) is 3.43. The molecule has 114 valence electrons. The minimum Gasteiger partial charge on any atom is -0.491 e. The Bertz CT molecular complexity index is 472. The molecule has 1 aromatic rings. The van der Waals surface area contributed by atoms with Crippen molar-refractivity contribution in [2.75, 3.05) is 31.2 Å². The monoisotopic (exact) mass is 306 g/mol. The molecule has 1 fully saturated rings. The molecule has 5 heteroatoms. The Kier molecular flexibility index (Phi) is 6.37. The molecule has 2 atom stereocenters. The number of β-amino-alcohol motifs (C(OH)–C–C–N with tert-alkyl or cyclic N) is 1. The van der Waals surface area contributed by atoms with Crippen LogP contribution in [0.2, 0.25) is 0 Å². The van der Waals surface area contributed by atoms with E-state index in [1.54, 1.807) is 0 Å². The van der Waals surface area contributed by atoms with E-state index in [4.69, 9.17) is 10.00 Å². The standard InChI is InChI=1S/C16H22N2O2S/c1-13-12-21-9-8-18(13)10-15(19)11-20-16-4-2-14(3-5-16)6-7-17/h2-5,13,15,19H,6,8-12H2,1H3/t13-,15-/m1/s1. The van der Waals surface area contributed by atoms with Crippen LogP contribution in [0.1, 0.15) is 12.5 Å². The third-order valence-electron chi connectivity index (χ3n) is 3.60. The number of rotatable bonds is 6. The Labute approximate surface area is 130 Å². The molecule has 1 aliphatic rings. The van der Waals surface area contributed by atoms with Crippen LogP contribution in [0, 0.1) is 11.3 Å². The predicted octanol–water partition coefficient (Wildman–Crippen LogP) is 1.93. The highest BCUT2D eigenvalue weighted by Crippen LogP contribution is 2.17. The second kappa shape index (κ2) is 8.28. The van der Waals surface area contributed by atoms with Crippen LogP contribution >= 0.6 is 11.8 Å². The lowest BCUT2D eigenvalue weighted by molar-refractivity contribution is 0.0596. The molecule has 1 aromatic carbocycles. The summed E-state index contributed by atoms with van der Waals surface area (Å²) < 4.78 is 5.61. The molecule has 4 nitrogen and oxygen atoms in total. The van der Waals surface area contributed by atoms with Gasteiger partial charge in [0, 0.05) is 30.6 Å². The van der Waals surface area contributed by atoms with Crippen molar-refractivity contribution < 1.29 is 9.84 Å². The number of ether oxygens (including phenoxy) is 1. The molecule has 1 N–H and O–H groups in total. The van der Waals surface area contributed by atoms with Crippen LogP contribution in [0.15, 0.2) is 24.3 Å². The predicted molar refractivity (Wildman–Crippen MR) is 85.6 cm³/mol. The van der Waals surface area contributed by atoms with E-state index in [0.29, 0.717) is 25.6 Å². The molecule has 0 aromatic heterocycles. The maximum Gasteiger partial charge on any atom is 0.119 e. The molecule has 0 radical (unpaired) electrons. The minimum absolute atomic E-state index is 0.300. The molecule has 1 saturated heterocycles. The van der Waals surface area contributed by atoms with Gasteiger partial charge < -0.3 is 9.84 Å². The van der Waals surface area contributed by atoms with Crippen molar-refractivity contribution in [2.45, 2.75) is 25.5 Å². The first-order chi connectivity index (χ1) is 10.2. The van der Waals surface area contributed by atoms with E-state index < -0.39 is 6.10 Å². The summed E-state index contributed by atoms with van der Waals surface area (Å²) in [4.78, 5) is 2.32. The first-order valence-electron chi connectivity index (χ1n) is 7.27. The molecule has 0 amide bonds. The lowest BCUT2D eigenvalue weighted by atomic mass is 10.2. The van der Waals surface area contributed by atoms with E-state index in [1.165, 1.54) is 0 Å². The topological polar surface area (TPSA) is 56.5 Å². The van der Waals surface area contributed by atoms with Crippen LogP contribution in [0.3, 0.4) is 0 Å². The van der Waals surface area contributed by atoms with Gasteiger partial charge in [0.15, 0.2) is 0 Å². The zero-order valence-electron chi connectivity index (χ0n) is 12.4. The summed E-state index contributed by atoms with van der Waals surface area (Å²) in [6.07, 6.45) is -0.0670. The van der Waals surface area contributed by atoms with E-state index >= 15 is 0 Å². The summed E-state index contributed by atoms with van der Waals surface area (Å²) in [7, 11) is 0. The normalized spacial score (nSPS) is 20.7. The highest BCUT2D eigenvalue weighted by molar-refractivity contribution is 7.99. The van der Waals surface area contributed by atoms with Gasteiger partial charge in [-0.05, 0) is 24.6 Å². The molecule has 0 bridgehead atoms. The maximum absolute atomic E-state index is 10.1. The number of hydrogen-bond donors (Lipinski definition) is 1. The Morgan fingerprint density at radius 2 is 2.24 bits per heavy atom. The fourth-order valence-electron chi connectivity index (χ4n) is 2.34. The summed E-state index contributed by atoms with van der Waals surface area (Å²) in [5.74, 6) is 3.00. The quantitative estimate of drug-likeness (QED) is 0.870. The van der Waals surface area contributed by atoms with Gasteiger partial charge in [-0.15, -0.1) is 0 Å². The van der Waals surface area contributed by atoms with E-state index in [-0.39, 0.29) is 0 Å². The first-order valence-corrected chi connectivity index (χ1v) is 8.43. The van der Waals surface area contributed by atoms with Gasteiger partial charge in [0.05, 0.1) is 12.5 Å². The van der Waals surface area contributed by atoms with Gasteiger partial charge in [0.1, 0.15) is 18.5 Å². The third kappa shape index (κ3) is 5.24.